The monoisotopic (exact) mass is 246 g/mol. The van der Waals surface area contributed by atoms with Crippen molar-refractivity contribution in [1.29, 1.82) is 0 Å². The fourth-order valence-electron chi connectivity index (χ4n) is 1.61. The Kier molecular flexibility index (Phi) is 3.50. The van der Waals surface area contributed by atoms with Crippen LogP contribution in [0.25, 0.3) is 0 Å². The van der Waals surface area contributed by atoms with E-state index in [2.05, 4.69) is 15.2 Å². The zero-order valence-corrected chi connectivity index (χ0v) is 10.4. The molecule has 2 rings (SSSR count). The van der Waals surface area contributed by atoms with Crippen molar-refractivity contribution >= 4 is 5.69 Å². The van der Waals surface area contributed by atoms with E-state index in [0.717, 1.165) is 17.0 Å². The highest BCUT2D eigenvalue weighted by Gasteiger charge is 2.04. The molecule has 2 N–H and O–H groups in total. The van der Waals surface area contributed by atoms with Crippen molar-refractivity contribution < 1.29 is 4.39 Å². The third-order valence-corrected chi connectivity index (χ3v) is 2.83. The van der Waals surface area contributed by atoms with Crippen molar-refractivity contribution in [1.82, 2.24) is 15.2 Å². The lowest BCUT2D eigenvalue weighted by Crippen LogP contribution is -2.04. The van der Waals surface area contributed by atoms with Crippen LogP contribution in [0.15, 0.2) is 18.2 Å². The Hall–Kier alpha value is -2.04. The van der Waals surface area contributed by atoms with Crippen molar-refractivity contribution in [3.63, 3.8) is 0 Å². The quantitative estimate of drug-likeness (QED) is 0.841. The first-order valence-electron chi connectivity index (χ1n) is 5.77. The number of hydrogen-bond acceptors (Lipinski definition) is 4. The zero-order chi connectivity index (χ0) is 13.1. The molecule has 2 aromatic rings. The molecule has 0 saturated carbocycles. The molecule has 0 aliphatic heterocycles. The fraction of sp³-hybridized carbons (Fsp3) is 0.308. The highest BCUT2D eigenvalue weighted by atomic mass is 19.1. The molecule has 0 aliphatic carbocycles. The van der Waals surface area contributed by atoms with Gasteiger partial charge < -0.3 is 5.73 Å². The number of nitrogens with two attached hydrogens (primary N) is 1. The predicted molar refractivity (Wildman–Crippen MR) is 67.5 cm³/mol. The van der Waals surface area contributed by atoms with Crippen LogP contribution >= 0.6 is 0 Å². The standard InChI is InChI=1S/C13H15FN4/c1-8-9(2)17-18-13(16-8)6-4-10-3-5-11(14)12(15)7-10/h3,5,7H,4,6,15H2,1-2H3. The molecule has 0 fully saturated rings. The molecule has 0 amide bonds. The first-order valence-corrected chi connectivity index (χ1v) is 5.77. The van der Waals surface area contributed by atoms with Crippen LogP contribution in [-0.4, -0.2) is 15.2 Å². The molecule has 0 saturated heterocycles. The van der Waals surface area contributed by atoms with Crippen LogP contribution in [0.3, 0.4) is 0 Å². The Labute approximate surface area is 105 Å². The van der Waals surface area contributed by atoms with Crippen LogP contribution in [0.1, 0.15) is 22.8 Å². The molecule has 0 bridgehead atoms. The van der Waals surface area contributed by atoms with E-state index >= 15 is 0 Å². The molecule has 1 heterocycles. The molecule has 0 aliphatic rings. The van der Waals surface area contributed by atoms with E-state index in [4.69, 9.17) is 5.73 Å². The largest absolute Gasteiger partial charge is 0.396 e. The Morgan fingerprint density at radius 1 is 1.11 bits per heavy atom. The van der Waals surface area contributed by atoms with Gasteiger partial charge in [-0.25, -0.2) is 9.37 Å². The van der Waals surface area contributed by atoms with E-state index in [-0.39, 0.29) is 11.5 Å². The van der Waals surface area contributed by atoms with Gasteiger partial charge in [-0.2, -0.15) is 5.10 Å². The number of nitrogen functional groups attached to an aromatic ring is 1. The molecule has 5 heteroatoms. The zero-order valence-electron chi connectivity index (χ0n) is 10.4. The smallest absolute Gasteiger partial charge is 0.151 e. The number of rotatable bonds is 3. The number of aromatic nitrogens is 3. The molecule has 94 valence electrons. The van der Waals surface area contributed by atoms with E-state index in [0.29, 0.717) is 18.7 Å². The average molecular weight is 246 g/mol. The van der Waals surface area contributed by atoms with E-state index in [1.165, 1.54) is 6.07 Å². The number of benzene rings is 1. The number of halogens is 1. The summed E-state index contributed by atoms with van der Waals surface area (Å²) in [6, 6.07) is 4.74. The minimum atomic E-state index is -0.386. The van der Waals surface area contributed by atoms with Crippen molar-refractivity contribution in [2.75, 3.05) is 5.73 Å². The minimum absolute atomic E-state index is 0.173. The second-order valence-electron chi connectivity index (χ2n) is 4.25. The normalized spacial score (nSPS) is 10.6. The van der Waals surface area contributed by atoms with Gasteiger partial charge in [0.15, 0.2) is 5.82 Å². The summed E-state index contributed by atoms with van der Waals surface area (Å²) in [5.41, 5.74) is 8.38. The number of aryl methyl sites for hydroxylation is 4. The molecular weight excluding hydrogens is 231 g/mol. The van der Waals surface area contributed by atoms with Gasteiger partial charge in [0.1, 0.15) is 5.82 Å². The van der Waals surface area contributed by atoms with Gasteiger partial charge in [-0.1, -0.05) is 6.07 Å². The molecular formula is C13H15FN4. The van der Waals surface area contributed by atoms with Crippen LogP contribution in [-0.2, 0) is 12.8 Å². The highest BCUT2D eigenvalue weighted by molar-refractivity contribution is 5.42. The van der Waals surface area contributed by atoms with Crippen molar-refractivity contribution in [3.05, 3.63) is 46.8 Å². The summed E-state index contributed by atoms with van der Waals surface area (Å²) in [4.78, 5) is 4.35. The van der Waals surface area contributed by atoms with Crippen molar-refractivity contribution in [3.8, 4) is 0 Å². The number of nitrogens with zero attached hydrogens (tertiary/aromatic N) is 3. The second-order valence-corrected chi connectivity index (χ2v) is 4.25. The maximum Gasteiger partial charge on any atom is 0.151 e. The summed E-state index contributed by atoms with van der Waals surface area (Å²) in [6.07, 6.45) is 1.38. The molecule has 0 unspecified atom stereocenters. The first kappa shape index (κ1) is 12.4. The Bertz CT molecular complexity index is 517. The van der Waals surface area contributed by atoms with Gasteiger partial charge in [0, 0.05) is 6.42 Å². The molecule has 0 atom stereocenters. The van der Waals surface area contributed by atoms with Crippen LogP contribution < -0.4 is 5.73 Å². The van der Waals surface area contributed by atoms with Gasteiger partial charge in [-0.05, 0) is 38.0 Å². The molecule has 4 nitrogen and oxygen atoms in total. The lowest BCUT2D eigenvalue weighted by molar-refractivity contribution is 0.631. The summed E-state index contributed by atoms with van der Waals surface area (Å²) in [7, 11) is 0. The summed E-state index contributed by atoms with van der Waals surface area (Å²) in [5, 5.41) is 8.05. The van der Waals surface area contributed by atoms with E-state index in [1.807, 2.05) is 13.8 Å². The summed E-state index contributed by atoms with van der Waals surface area (Å²) in [5.74, 6) is 0.309. The van der Waals surface area contributed by atoms with Crippen LogP contribution in [0.4, 0.5) is 10.1 Å². The second kappa shape index (κ2) is 5.08. The fourth-order valence-corrected chi connectivity index (χ4v) is 1.61. The van der Waals surface area contributed by atoms with Gasteiger partial charge in [0.2, 0.25) is 0 Å². The van der Waals surface area contributed by atoms with Crippen molar-refractivity contribution in [2.45, 2.75) is 26.7 Å². The van der Waals surface area contributed by atoms with Crippen LogP contribution in [0.2, 0.25) is 0 Å². The highest BCUT2D eigenvalue weighted by Crippen LogP contribution is 2.13. The average Bonchev–Trinajstić information content (AvgIpc) is 2.35. The Balaban J connectivity index is 2.06. The lowest BCUT2D eigenvalue weighted by Gasteiger charge is -2.04. The molecule has 1 aromatic heterocycles. The summed E-state index contributed by atoms with van der Waals surface area (Å²) >= 11 is 0. The Morgan fingerprint density at radius 3 is 2.56 bits per heavy atom. The molecule has 0 radical (unpaired) electrons. The van der Waals surface area contributed by atoms with Gasteiger partial charge in [-0.3, -0.25) is 0 Å². The third-order valence-electron chi connectivity index (χ3n) is 2.83. The van der Waals surface area contributed by atoms with Gasteiger partial charge in [-0.15, -0.1) is 5.10 Å². The van der Waals surface area contributed by atoms with Crippen LogP contribution in [0.5, 0.6) is 0 Å². The third kappa shape index (κ3) is 2.80. The topological polar surface area (TPSA) is 64.7 Å². The summed E-state index contributed by atoms with van der Waals surface area (Å²) in [6.45, 7) is 3.78. The number of anilines is 1. The predicted octanol–water partition coefficient (Wildman–Crippen LogP) is 1.99. The van der Waals surface area contributed by atoms with Gasteiger partial charge in [0.25, 0.3) is 0 Å². The van der Waals surface area contributed by atoms with Crippen molar-refractivity contribution in [2.24, 2.45) is 0 Å². The van der Waals surface area contributed by atoms with E-state index in [9.17, 15) is 4.39 Å². The lowest BCUT2D eigenvalue weighted by atomic mass is 10.1. The molecule has 0 spiro atoms. The number of hydrogen-bond donors (Lipinski definition) is 1. The van der Waals surface area contributed by atoms with Crippen LogP contribution in [0, 0.1) is 19.7 Å². The first-order chi connectivity index (χ1) is 8.56. The molecule has 1 aromatic carbocycles. The SMILES string of the molecule is Cc1nnc(CCc2ccc(F)c(N)c2)nc1C. The van der Waals surface area contributed by atoms with Gasteiger partial charge in [0.05, 0.1) is 17.1 Å². The maximum atomic E-state index is 13.0. The van der Waals surface area contributed by atoms with E-state index in [1.54, 1.807) is 12.1 Å². The molecule has 18 heavy (non-hydrogen) atoms. The van der Waals surface area contributed by atoms with Gasteiger partial charge >= 0.3 is 0 Å². The van der Waals surface area contributed by atoms with E-state index < -0.39 is 0 Å². The summed E-state index contributed by atoms with van der Waals surface area (Å²) < 4.78 is 13.0. The maximum absolute atomic E-state index is 13.0. The Morgan fingerprint density at radius 2 is 1.89 bits per heavy atom. The minimum Gasteiger partial charge on any atom is -0.396 e.